The lowest BCUT2D eigenvalue weighted by Crippen LogP contribution is -2.51. The number of carbonyl (C=O) groups is 2. The fourth-order valence-electron chi connectivity index (χ4n) is 4.36. The Morgan fingerprint density at radius 1 is 1.41 bits per heavy atom. The number of likely N-dealkylation sites (tertiary alicyclic amines) is 1. The molecule has 3 rings (SSSR count). The molecule has 3 heterocycles. The number of hydrogen-bond donors (Lipinski definition) is 2. The van der Waals surface area contributed by atoms with Crippen LogP contribution >= 0.6 is 22.9 Å². The topological polar surface area (TPSA) is 101 Å². The first-order chi connectivity index (χ1) is 16.3. The summed E-state index contributed by atoms with van der Waals surface area (Å²) in [5, 5.41) is 18.9. The van der Waals surface area contributed by atoms with Gasteiger partial charge in [-0.2, -0.15) is 16.6 Å². The number of aryl methyl sites for hydroxylation is 1. The third-order valence-electron chi connectivity index (χ3n) is 6.33. The van der Waals surface area contributed by atoms with Gasteiger partial charge in [-0.3, -0.25) is 4.79 Å². The van der Waals surface area contributed by atoms with E-state index in [0.29, 0.717) is 30.3 Å². The fourth-order valence-corrected chi connectivity index (χ4v) is 5.34. The Hall–Kier alpha value is -2.67. The van der Waals surface area contributed by atoms with Crippen LogP contribution in [-0.4, -0.2) is 65.5 Å². The quantitative estimate of drug-likeness (QED) is 0.535. The van der Waals surface area contributed by atoms with Crippen molar-refractivity contribution in [3.05, 3.63) is 50.4 Å². The summed E-state index contributed by atoms with van der Waals surface area (Å²) in [6.07, 6.45) is 2.63. The minimum absolute atomic E-state index is 0.0355. The molecular weight excluding hydrogens is 472 g/mol. The predicted molar refractivity (Wildman–Crippen MR) is 134 cm³/mol. The van der Waals surface area contributed by atoms with Crippen LogP contribution in [0, 0.1) is 18.3 Å². The van der Waals surface area contributed by atoms with Gasteiger partial charge in [0.1, 0.15) is 16.9 Å². The van der Waals surface area contributed by atoms with E-state index < -0.39 is 0 Å². The van der Waals surface area contributed by atoms with Crippen LogP contribution in [0.2, 0.25) is 5.15 Å². The lowest BCUT2D eigenvalue weighted by Gasteiger charge is -2.40. The average molecular weight is 503 g/mol. The SMILES string of the molecule is CNC(=O)N(Cc1ccsc1)C1CCN(C(C)CCNC(=O)c2c(C)cc(C#N)nc2Cl)CC1. The molecule has 8 nitrogen and oxygen atoms in total. The molecule has 0 spiro atoms. The Morgan fingerprint density at radius 3 is 2.74 bits per heavy atom. The first-order valence-electron chi connectivity index (χ1n) is 11.4. The van der Waals surface area contributed by atoms with Gasteiger partial charge in [0, 0.05) is 45.3 Å². The monoisotopic (exact) mass is 502 g/mol. The number of amides is 3. The van der Waals surface area contributed by atoms with Crippen molar-refractivity contribution < 1.29 is 9.59 Å². The van der Waals surface area contributed by atoms with Gasteiger partial charge < -0.3 is 20.4 Å². The number of hydrogen-bond acceptors (Lipinski definition) is 6. The van der Waals surface area contributed by atoms with Gasteiger partial charge in [0.15, 0.2) is 0 Å². The standard InChI is InChI=1S/C24H31ClN6O2S/c1-16-12-19(13-26)29-22(25)21(16)23(32)28-8-4-17(2)30-9-5-20(6-10-30)31(24(33)27-3)14-18-7-11-34-15-18/h7,11-12,15,17,20H,4-6,8-10,14H2,1-3H3,(H,27,33)(H,28,32). The molecule has 1 aliphatic rings. The number of pyridine rings is 1. The highest BCUT2D eigenvalue weighted by atomic mass is 35.5. The maximum absolute atomic E-state index is 12.6. The average Bonchev–Trinajstić information content (AvgIpc) is 3.35. The van der Waals surface area contributed by atoms with Gasteiger partial charge in [0.05, 0.1) is 5.56 Å². The van der Waals surface area contributed by atoms with Crippen LogP contribution in [0.3, 0.4) is 0 Å². The Kier molecular flexibility index (Phi) is 9.28. The first kappa shape index (κ1) is 25.9. The van der Waals surface area contributed by atoms with Crippen molar-refractivity contribution in [1.29, 1.82) is 5.26 Å². The fraction of sp³-hybridized carbons (Fsp3) is 0.500. The summed E-state index contributed by atoms with van der Waals surface area (Å²) in [5.41, 5.74) is 2.30. The number of aromatic nitrogens is 1. The lowest BCUT2D eigenvalue weighted by molar-refractivity contribution is 0.0907. The van der Waals surface area contributed by atoms with E-state index in [-0.39, 0.29) is 28.8 Å². The van der Waals surface area contributed by atoms with Gasteiger partial charge in [-0.05, 0) is 67.1 Å². The van der Waals surface area contributed by atoms with E-state index in [1.54, 1.807) is 31.4 Å². The maximum atomic E-state index is 12.6. The van der Waals surface area contributed by atoms with Crippen molar-refractivity contribution in [2.75, 3.05) is 26.7 Å². The number of carbonyl (C=O) groups excluding carboxylic acids is 2. The Labute approximate surface area is 209 Å². The number of nitrogens with one attached hydrogen (secondary N) is 2. The summed E-state index contributed by atoms with van der Waals surface area (Å²) in [6.45, 7) is 6.86. The smallest absolute Gasteiger partial charge is 0.317 e. The van der Waals surface area contributed by atoms with Gasteiger partial charge in [0.25, 0.3) is 5.91 Å². The third-order valence-corrected chi connectivity index (χ3v) is 7.34. The molecule has 0 saturated carbocycles. The molecule has 0 radical (unpaired) electrons. The zero-order chi connectivity index (χ0) is 24.7. The van der Waals surface area contributed by atoms with Gasteiger partial charge >= 0.3 is 6.03 Å². The van der Waals surface area contributed by atoms with Crippen LogP contribution in [0.25, 0.3) is 0 Å². The van der Waals surface area contributed by atoms with E-state index in [1.807, 2.05) is 16.3 Å². The second-order valence-electron chi connectivity index (χ2n) is 8.58. The van der Waals surface area contributed by atoms with Crippen LogP contribution in [0.1, 0.15) is 53.4 Å². The van der Waals surface area contributed by atoms with Crippen LogP contribution in [0.4, 0.5) is 4.79 Å². The Bertz CT molecular complexity index is 1010. The molecule has 0 aromatic carbocycles. The van der Waals surface area contributed by atoms with E-state index >= 15 is 0 Å². The number of nitrogens with zero attached hydrogens (tertiary/aromatic N) is 4. The molecule has 10 heteroatoms. The second-order valence-corrected chi connectivity index (χ2v) is 9.72. The summed E-state index contributed by atoms with van der Waals surface area (Å²) < 4.78 is 0. The normalized spacial score (nSPS) is 15.4. The van der Waals surface area contributed by atoms with Crippen LogP contribution < -0.4 is 10.6 Å². The van der Waals surface area contributed by atoms with Crippen molar-refractivity contribution in [1.82, 2.24) is 25.4 Å². The van der Waals surface area contributed by atoms with Crippen molar-refractivity contribution in [2.24, 2.45) is 0 Å². The molecular formula is C24H31ClN6O2S. The van der Waals surface area contributed by atoms with Gasteiger partial charge in [-0.25, -0.2) is 9.78 Å². The molecule has 1 aliphatic heterocycles. The molecule has 34 heavy (non-hydrogen) atoms. The minimum atomic E-state index is -0.278. The van der Waals surface area contributed by atoms with Gasteiger partial charge in [0.2, 0.25) is 0 Å². The van der Waals surface area contributed by atoms with Crippen LogP contribution in [0.15, 0.2) is 22.9 Å². The van der Waals surface area contributed by atoms with E-state index in [2.05, 4.69) is 38.9 Å². The molecule has 2 aromatic rings. The molecule has 182 valence electrons. The first-order valence-corrected chi connectivity index (χ1v) is 12.7. The highest BCUT2D eigenvalue weighted by Gasteiger charge is 2.29. The lowest BCUT2D eigenvalue weighted by atomic mass is 10.0. The van der Waals surface area contributed by atoms with Crippen molar-refractivity contribution in [2.45, 2.75) is 51.7 Å². The largest absolute Gasteiger partial charge is 0.352 e. The Morgan fingerprint density at radius 2 is 2.15 bits per heavy atom. The Balaban J connectivity index is 1.48. The summed E-state index contributed by atoms with van der Waals surface area (Å²) in [4.78, 5) is 33.4. The molecule has 2 N–H and O–H groups in total. The van der Waals surface area contributed by atoms with Crippen molar-refractivity contribution in [3.63, 3.8) is 0 Å². The number of piperidine rings is 1. The molecule has 1 atom stereocenters. The number of urea groups is 1. The summed E-state index contributed by atoms with van der Waals surface area (Å²) in [7, 11) is 1.68. The molecule has 2 aromatic heterocycles. The molecule has 1 fully saturated rings. The van der Waals surface area contributed by atoms with Gasteiger partial charge in [-0.15, -0.1) is 0 Å². The predicted octanol–water partition coefficient (Wildman–Crippen LogP) is 3.79. The second kappa shape index (κ2) is 12.2. The van der Waals surface area contributed by atoms with E-state index in [9.17, 15) is 9.59 Å². The zero-order valence-corrected chi connectivity index (χ0v) is 21.4. The molecule has 0 bridgehead atoms. The summed E-state index contributed by atoms with van der Waals surface area (Å²) in [6, 6.07) is 6.03. The van der Waals surface area contributed by atoms with E-state index in [0.717, 1.165) is 37.9 Å². The van der Waals surface area contributed by atoms with E-state index in [4.69, 9.17) is 16.9 Å². The van der Waals surface area contributed by atoms with Crippen molar-refractivity contribution >= 4 is 34.9 Å². The highest BCUT2D eigenvalue weighted by molar-refractivity contribution is 7.07. The molecule has 3 amide bonds. The number of nitriles is 1. The maximum Gasteiger partial charge on any atom is 0.317 e. The number of halogens is 1. The summed E-state index contributed by atoms with van der Waals surface area (Å²) in [5.74, 6) is -0.278. The molecule has 1 unspecified atom stereocenters. The highest BCUT2D eigenvalue weighted by Crippen LogP contribution is 2.22. The third kappa shape index (κ3) is 6.47. The van der Waals surface area contributed by atoms with Crippen LogP contribution in [-0.2, 0) is 6.54 Å². The number of rotatable bonds is 8. The summed E-state index contributed by atoms with van der Waals surface area (Å²) >= 11 is 7.77. The van der Waals surface area contributed by atoms with Crippen LogP contribution in [0.5, 0.6) is 0 Å². The van der Waals surface area contributed by atoms with Gasteiger partial charge in [-0.1, -0.05) is 11.6 Å². The van der Waals surface area contributed by atoms with E-state index in [1.165, 1.54) is 0 Å². The van der Waals surface area contributed by atoms with Crippen molar-refractivity contribution in [3.8, 4) is 6.07 Å². The molecule has 0 aliphatic carbocycles. The molecule has 1 saturated heterocycles. The zero-order valence-electron chi connectivity index (χ0n) is 19.8. The number of thiophene rings is 1. The minimum Gasteiger partial charge on any atom is -0.352 e.